The number of hydrogen-bond donors (Lipinski definition) is 0. The lowest BCUT2D eigenvalue weighted by molar-refractivity contribution is 0.102. The van der Waals surface area contributed by atoms with Gasteiger partial charge in [0.25, 0.3) is 5.22 Å². The highest BCUT2D eigenvalue weighted by atomic mass is 32.2. The number of thioether (sulfide) groups is 1. The topological polar surface area (TPSA) is 90.1 Å². The second-order valence-corrected chi connectivity index (χ2v) is 11.3. The van der Waals surface area contributed by atoms with E-state index >= 15 is 0 Å². The molecule has 0 unspecified atom stereocenters. The number of ketones is 1. The number of sulfone groups is 1. The molecule has 6 nitrogen and oxygen atoms in total. The monoisotopic (exact) mass is 434 g/mol. The number of hydrogen-bond acceptors (Lipinski definition) is 7. The van der Waals surface area contributed by atoms with Crippen LogP contribution in [0.2, 0.25) is 0 Å². The molecule has 2 heterocycles. The lowest BCUT2D eigenvalue weighted by atomic mass is 9.84. The number of benzene rings is 1. The van der Waals surface area contributed by atoms with Crippen LogP contribution in [0.4, 0.5) is 0 Å². The molecule has 0 amide bonds. The van der Waals surface area contributed by atoms with Gasteiger partial charge in [-0.1, -0.05) is 55.3 Å². The van der Waals surface area contributed by atoms with Crippen molar-refractivity contribution in [2.24, 2.45) is 5.92 Å². The van der Waals surface area contributed by atoms with Gasteiger partial charge in [0.15, 0.2) is 15.6 Å². The number of aromatic nitrogens is 2. The molecule has 0 N–H and O–H groups in total. The van der Waals surface area contributed by atoms with Gasteiger partial charge < -0.3 is 4.42 Å². The van der Waals surface area contributed by atoms with E-state index in [2.05, 4.69) is 22.3 Å². The van der Waals surface area contributed by atoms with E-state index in [4.69, 9.17) is 4.42 Å². The van der Waals surface area contributed by atoms with Crippen molar-refractivity contribution >= 4 is 27.4 Å². The molecule has 0 spiro atoms. The molecule has 1 saturated carbocycles. The van der Waals surface area contributed by atoms with Gasteiger partial charge in [0, 0.05) is 12.0 Å². The molecular formula is C21H26N2O4S2. The van der Waals surface area contributed by atoms with Gasteiger partial charge in [0.1, 0.15) is 0 Å². The van der Waals surface area contributed by atoms with E-state index in [0.29, 0.717) is 35.4 Å². The molecule has 0 radical (unpaired) electrons. The summed E-state index contributed by atoms with van der Waals surface area (Å²) in [6, 6.07) is 8.03. The van der Waals surface area contributed by atoms with Crippen LogP contribution in [0.25, 0.3) is 0 Å². The number of carbonyl (C=O) groups is 1. The third-order valence-corrected chi connectivity index (χ3v) is 8.53. The molecule has 1 aromatic heterocycles. The number of nitrogens with zero attached hydrogens (tertiary/aromatic N) is 2. The van der Waals surface area contributed by atoms with Gasteiger partial charge in [-0.25, -0.2) is 8.42 Å². The first-order chi connectivity index (χ1) is 14.0. The average Bonchev–Trinajstić information content (AvgIpc) is 3.32. The highest BCUT2D eigenvalue weighted by molar-refractivity contribution is 7.99. The summed E-state index contributed by atoms with van der Waals surface area (Å²) >= 11 is 1.23. The first-order valence-electron chi connectivity index (χ1n) is 10.3. The van der Waals surface area contributed by atoms with E-state index in [1.165, 1.54) is 49.4 Å². The van der Waals surface area contributed by atoms with Gasteiger partial charge in [0.05, 0.1) is 17.3 Å². The largest absolute Gasteiger partial charge is 0.416 e. The number of carbonyl (C=O) groups excluding carboxylic acids is 1. The van der Waals surface area contributed by atoms with E-state index in [0.717, 1.165) is 0 Å². The molecule has 4 rings (SSSR count). The number of Topliss-reactive ketones (excluding diaryl/α,β-unsaturated/α-hetero) is 1. The van der Waals surface area contributed by atoms with Crippen LogP contribution in [-0.4, -0.2) is 41.7 Å². The Bertz CT molecular complexity index is 947. The first kappa shape index (κ1) is 20.6. The normalized spacial score (nSPS) is 22.0. The molecule has 1 aromatic carbocycles. The fraction of sp³-hybridized carbons (Fsp3) is 0.571. The summed E-state index contributed by atoms with van der Waals surface area (Å²) in [5, 5.41) is 8.33. The predicted octanol–water partition coefficient (Wildman–Crippen LogP) is 4.07. The Morgan fingerprint density at radius 3 is 2.52 bits per heavy atom. The summed E-state index contributed by atoms with van der Waals surface area (Å²) in [4.78, 5) is 12.5. The van der Waals surface area contributed by atoms with Crippen LogP contribution in [-0.2, 0) is 16.3 Å². The summed E-state index contributed by atoms with van der Waals surface area (Å²) in [5.74, 6) is 1.82. The summed E-state index contributed by atoms with van der Waals surface area (Å²) in [5.41, 5.74) is 2.04. The van der Waals surface area contributed by atoms with Crippen molar-refractivity contribution in [1.29, 1.82) is 0 Å². The average molecular weight is 435 g/mol. The van der Waals surface area contributed by atoms with Gasteiger partial charge in [-0.3, -0.25) is 4.79 Å². The lowest BCUT2D eigenvalue weighted by Gasteiger charge is -2.22. The Morgan fingerprint density at radius 2 is 1.83 bits per heavy atom. The molecule has 1 aliphatic carbocycles. The molecule has 29 heavy (non-hydrogen) atoms. The Morgan fingerprint density at radius 1 is 1.07 bits per heavy atom. The van der Waals surface area contributed by atoms with Gasteiger partial charge in [0.2, 0.25) is 5.89 Å². The zero-order chi connectivity index (χ0) is 20.3. The molecule has 1 aliphatic heterocycles. The molecule has 1 saturated heterocycles. The van der Waals surface area contributed by atoms with E-state index in [1.807, 2.05) is 12.1 Å². The minimum absolute atomic E-state index is 0.0341. The summed E-state index contributed by atoms with van der Waals surface area (Å²) < 4.78 is 28.7. The molecule has 8 heteroatoms. The summed E-state index contributed by atoms with van der Waals surface area (Å²) in [7, 11) is -2.91. The van der Waals surface area contributed by atoms with Gasteiger partial charge in [-0.15, -0.1) is 10.2 Å². The zero-order valence-electron chi connectivity index (χ0n) is 16.4. The third kappa shape index (κ3) is 5.48. The molecular weight excluding hydrogens is 408 g/mol. The van der Waals surface area contributed by atoms with E-state index in [9.17, 15) is 13.2 Å². The van der Waals surface area contributed by atoms with Crippen LogP contribution in [0.3, 0.4) is 0 Å². The minimum Gasteiger partial charge on any atom is -0.416 e. The SMILES string of the molecule is O=C(CSc1nnc(C[C@@H]2CCS(=O)(=O)C2)o1)c1ccc(C2CCCCC2)cc1. The van der Waals surface area contributed by atoms with Gasteiger partial charge >= 0.3 is 0 Å². The smallest absolute Gasteiger partial charge is 0.277 e. The van der Waals surface area contributed by atoms with Crippen LogP contribution in [0.5, 0.6) is 0 Å². The highest BCUT2D eigenvalue weighted by Crippen LogP contribution is 2.32. The summed E-state index contributed by atoms with van der Waals surface area (Å²) in [6.45, 7) is 0. The van der Waals surface area contributed by atoms with Gasteiger partial charge in [-0.05, 0) is 36.7 Å². The Balaban J connectivity index is 1.28. The van der Waals surface area contributed by atoms with E-state index in [-0.39, 0.29) is 29.0 Å². The molecule has 2 aromatic rings. The lowest BCUT2D eigenvalue weighted by Crippen LogP contribution is -2.07. The first-order valence-corrected chi connectivity index (χ1v) is 13.1. The van der Waals surface area contributed by atoms with Crippen LogP contribution in [0.15, 0.2) is 33.9 Å². The van der Waals surface area contributed by atoms with Crippen molar-refractivity contribution in [3.05, 3.63) is 41.3 Å². The zero-order valence-corrected chi connectivity index (χ0v) is 18.0. The predicted molar refractivity (Wildman–Crippen MR) is 112 cm³/mol. The van der Waals surface area contributed by atoms with Crippen molar-refractivity contribution in [2.75, 3.05) is 17.3 Å². The number of rotatable bonds is 7. The minimum atomic E-state index is -2.91. The molecule has 2 aliphatic rings. The van der Waals surface area contributed by atoms with Crippen LogP contribution in [0, 0.1) is 5.92 Å². The maximum Gasteiger partial charge on any atom is 0.277 e. The van der Waals surface area contributed by atoms with Gasteiger partial charge in [-0.2, -0.15) is 0 Å². The molecule has 1 atom stereocenters. The summed E-state index contributed by atoms with van der Waals surface area (Å²) in [6.07, 6.45) is 7.54. The standard InChI is InChI=1S/C21H26N2O4S2/c24-19(18-8-6-17(7-9-18)16-4-2-1-3-5-16)13-28-21-23-22-20(27-21)12-15-10-11-29(25,26)14-15/h6-9,15-16H,1-5,10-14H2/t15-/m0/s1. The Kier molecular flexibility index (Phi) is 6.39. The van der Waals surface area contributed by atoms with Crippen LogP contribution < -0.4 is 0 Å². The van der Waals surface area contributed by atoms with E-state index < -0.39 is 9.84 Å². The maximum absolute atomic E-state index is 12.5. The van der Waals surface area contributed by atoms with Crippen LogP contribution in [0.1, 0.15) is 66.3 Å². The van der Waals surface area contributed by atoms with Crippen molar-refractivity contribution < 1.29 is 17.6 Å². The Labute approximate surface area is 175 Å². The van der Waals surface area contributed by atoms with Crippen molar-refractivity contribution in [3.63, 3.8) is 0 Å². The molecule has 156 valence electrons. The second-order valence-electron chi connectivity index (χ2n) is 8.10. The van der Waals surface area contributed by atoms with E-state index in [1.54, 1.807) is 0 Å². The fourth-order valence-corrected chi connectivity index (χ4v) is 6.78. The van der Waals surface area contributed by atoms with Crippen molar-refractivity contribution in [1.82, 2.24) is 10.2 Å². The fourth-order valence-electron chi connectivity index (χ4n) is 4.25. The van der Waals surface area contributed by atoms with Crippen molar-refractivity contribution in [2.45, 2.75) is 56.1 Å². The molecule has 2 fully saturated rings. The highest BCUT2D eigenvalue weighted by Gasteiger charge is 2.29. The maximum atomic E-state index is 12.5. The van der Waals surface area contributed by atoms with Crippen molar-refractivity contribution in [3.8, 4) is 0 Å². The second kappa shape index (κ2) is 9.00. The van der Waals surface area contributed by atoms with Crippen LogP contribution >= 0.6 is 11.8 Å². The quantitative estimate of drug-likeness (QED) is 0.479. The Hall–Kier alpha value is -1.67. The molecule has 0 bridgehead atoms. The third-order valence-electron chi connectivity index (χ3n) is 5.87.